The van der Waals surface area contributed by atoms with E-state index in [9.17, 15) is 9.59 Å². The van der Waals surface area contributed by atoms with Crippen molar-refractivity contribution in [2.75, 3.05) is 11.9 Å². The highest BCUT2D eigenvalue weighted by molar-refractivity contribution is 6.33. The normalized spacial score (nSPS) is 9.69. The van der Waals surface area contributed by atoms with E-state index in [1.54, 1.807) is 19.1 Å². The van der Waals surface area contributed by atoms with E-state index in [0.29, 0.717) is 10.7 Å². The Bertz CT molecular complexity index is 418. The number of anilines is 1. The van der Waals surface area contributed by atoms with Gasteiger partial charge in [0.2, 0.25) is 5.91 Å². The second-order valence-electron chi connectivity index (χ2n) is 3.10. The van der Waals surface area contributed by atoms with Gasteiger partial charge in [0.25, 0.3) is 0 Å². The van der Waals surface area contributed by atoms with E-state index in [1.165, 1.54) is 13.0 Å². The van der Waals surface area contributed by atoms with Crippen LogP contribution in [0.2, 0.25) is 5.02 Å². The maximum absolute atomic E-state index is 11.5. The molecule has 0 aliphatic heterocycles. The van der Waals surface area contributed by atoms with Gasteiger partial charge in [-0.2, -0.15) is 0 Å². The number of halogens is 1. The number of hydrogen-bond acceptors (Lipinski definition) is 3. The molecule has 1 amide bonds. The molecule has 0 heterocycles. The summed E-state index contributed by atoms with van der Waals surface area (Å²) in [6, 6.07) is 4.65. The van der Waals surface area contributed by atoms with E-state index in [1.807, 2.05) is 0 Å². The number of nitrogens with one attached hydrogen (secondary N) is 1. The van der Waals surface area contributed by atoms with Crippen LogP contribution in [0.3, 0.4) is 0 Å². The zero-order valence-electron chi connectivity index (χ0n) is 9.04. The van der Waals surface area contributed by atoms with E-state index in [4.69, 9.17) is 16.3 Å². The van der Waals surface area contributed by atoms with Crippen LogP contribution in [0.1, 0.15) is 24.2 Å². The molecule has 86 valence electrons. The summed E-state index contributed by atoms with van der Waals surface area (Å²) in [7, 11) is 0. The highest BCUT2D eigenvalue weighted by Gasteiger charge is 2.12. The van der Waals surface area contributed by atoms with E-state index in [2.05, 4.69) is 5.32 Å². The van der Waals surface area contributed by atoms with Crippen LogP contribution in [0.5, 0.6) is 0 Å². The fourth-order valence-electron chi connectivity index (χ4n) is 1.17. The van der Waals surface area contributed by atoms with Gasteiger partial charge in [0.05, 0.1) is 17.2 Å². The van der Waals surface area contributed by atoms with Gasteiger partial charge in [0.15, 0.2) is 0 Å². The molecule has 0 aliphatic rings. The van der Waals surface area contributed by atoms with Gasteiger partial charge in [-0.1, -0.05) is 11.6 Å². The van der Waals surface area contributed by atoms with Crippen molar-refractivity contribution in [1.82, 2.24) is 0 Å². The van der Waals surface area contributed by atoms with Crippen LogP contribution in [-0.4, -0.2) is 18.5 Å². The third kappa shape index (κ3) is 3.24. The molecule has 16 heavy (non-hydrogen) atoms. The molecule has 0 aromatic heterocycles. The highest BCUT2D eigenvalue weighted by Crippen LogP contribution is 2.21. The zero-order valence-corrected chi connectivity index (χ0v) is 9.80. The Morgan fingerprint density at radius 1 is 1.44 bits per heavy atom. The van der Waals surface area contributed by atoms with Crippen LogP contribution >= 0.6 is 11.6 Å². The lowest BCUT2D eigenvalue weighted by atomic mass is 10.2. The lowest BCUT2D eigenvalue weighted by Gasteiger charge is -2.07. The van der Waals surface area contributed by atoms with Gasteiger partial charge in [0.1, 0.15) is 0 Å². The molecule has 5 heteroatoms. The molecule has 0 aliphatic carbocycles. The fraction of sp³-hybridized carbons (Fsp3) is 0.273. The highest BCUT2D eigenvalue weighted by atomic mass is 35.5. The van der Waals surface area contributed by atoms with Gasteiger partial charge < -0.3 is 10.1 Å². The third-order valence-corrected chi connectivity index (χ3v) is 2.11. The van der Waals surface area contributed by atoms with Crippen LogP contribution in [0.15, 0.2) is 18.2 Å². The van der Waals surface area contributed by atoms with Crippen LogP contribution in [-0.2, 0) is 9.53 Å². The zero-order chi connectivity index (χ0) is 12.1. The molecular formula is C11H12ClNO3. The molecule has 4 nitrogen and oxygen atoms in total. The molecule has 0 fully saturated rings. The maximum Gasteiger partial charge on any atom is 0.339 e. The molecule has 1 aromatic carbocycles. The van der Waals surface area contributed by atoms with Crippen LogP contribution in [0.4, 0.5) is 5.69 Å². The first-order valence-electron chi connectivity index (χ1n) is 4.79. The van der Waals surface area contributed by atoms with Gasteiger partial charge in [-0.25, -0.2) is 4.79 Å². The first-order chi connectivity index (χ1) is 7.54. The monoisotopic (exact) mass is 241 g/mol. The fourth-order valence-corrected chi connectivity index (χ4v) is 1.37. The minimum absolute atomic E-state index is 0.211. The van der Waals surface area contributed by atoms with Crippen molar-refractivity contribution in [1.29, 1.82) is 0 Å². The van der Waals surface area contributed by atoms with Crippen molar-refractivity contribution in [2.24, 2.45) is 0 Å². The van der Waals surface area contributed by atoms with Crippen molar-refractivity contribution in [3.05, 3.63) is 28.8 Å². The van der Waals surface area contributed by atoms with Crippen LogP contribution in [0, 0.1) is 0 Å². The smallest absolute Gasteiger partial charge is 0.339 e. The van der Waals surface area contributed by atoms with Gasteiger partial charge in [-0.3, -0.25) is 4.79 Å². The Morgan fingerprint density at radius 2 is 2.12 bits per heavy atom. The van der Waals surface area contributed by atoms with E-state index in [-0.39, 0.29) is 18.1 Å². The quantitative estimate of drug-likeness (QED) is 0.827. The number of amides is 1. The SMILES string of the molecule is CCOC(=O)c1cc(NC(C)=O)ccc1Cl. The second-order valence-corrected chi connectivity index (χ2v) is 3.50. The van der Waals surface area contributed by atoms with Gasteiger partial charge >= 0.3 is 5.97 Å². The summed E-state index contributed by atoms with van der Waals surface area (Å²) >= 11 is 5.85. The van der Waals surface area contributed by atoms with E-state index < -0.39 is 5.97 Å². The number of hydrogen-bond donors (Lipinski definition) is 1. The molecule has 1 aromatic rings. The average Bonchev–Trinajstić information content (AvgIpc) is 2.20. The first kappa shape index (κ1) is 12.5. The number of ether oxygens (including phenoxy) is 1. The molecule has 1 N–H and O–H groups in total. The van der Waals surface area contributed by atoms with Gasteiger partial charge in [0, 0.05) is 12.6 Å². The lowest BCUT2D eigenvalue weighted by molar-refractivity contribution is -0.114. The first-order valence-corrected chi connectivity index (χ1v) is 5.16. The summed E-state index contributed by atoms with van der Waals surface area (Å²) in [6.07, 6.45) is 0. The molecule has 0 unspecified atom stereocenters. The molecule has 0 atom stereocenters. The summed E-state index contributed by atoms with van der Waals surface area (Å²) in [5.74, 6) is -0.711. The summed E-state index contributed by atoms with van der Waals surface area (Å²) in [6.45, 7) is 3.38. The molecule has 0 spiro atoms. The van der Waals surface area contributed by atoms with Crippen LogP contribution in [0.25, 0.3) is 0 Å². The molecular weight excluding hydrogens is 230 g/mol. The molecule has 0 bridgehead atoms. The minimum atomic E-state index is -0.500. The Balaban J connectivity index is 2.98. The summed E-state index contributed by atoms with van der Waals surface area (Å²) in [5.41, 5.74) is 0.759. The van der Waals surface area contributed by atoms with E-state index >= 15 is 0 Å². The third-order valence-electron chi connectivity index (χ3n) is 1.78. The Hall–Kier alpha value is -1.55. The van der Waals surface area contributed by atoms with Crippen molar-refractivity contribution in [3.63, 3.8) is 0 Å². The predicted molar refractivity (Wildman–Crippen MR) is 61.7 cm³/mol. The van der Waals surface area contributed by atoms with Crippen molar-refractivity contribution >= 4 is 29.2 Å². The standard InChI is InChI=1S/C11H12ClNO3/c1-3-16-11(15)9-6-8(13-7(2)14)4-5-10(9)12/h4-6H,3H2,1-2H3,(H,13,14). The van der Waals surface area contributed by atoms with E-state index in [0.717, 1.165) is 0 Å². The number of carbonyl (C=O) groups is 2. The maximum atomic E-state index is 11.5. The van der Waals surface area contributed by atoms with Crippen LogP contribution < -0.4 is 5.32 Å². The topological polar surface area (TPSA) is 55.4 Å². The summed E-state index contributed by atoms with van der Waals surface area (Å²) < 4.78 is 4.83. The van der Waals surface area contributed by atoms with Crippen molar-refractivity contribution < 1.29 is 14.3 Å². The summed E-state index contributed by atoms with van der Waals surface area (Å²) in [4.78, 5) is 22.3. The number of carbonyl (C=O) groups excluding carboxylic acids is 2. The Labute approximate surface area is 98.5 Å². The lowest BCUT2D eigenvalue weighted by Crippen LogP contribution is -2.09. The summed E-state index contributed by atoms with van der Waals surface area (Å²) in [5, 5.41) is 2.86. The second kappa shape index (κ2) is 5.51. The number of rotatable bonds is 3. The number of benzene rings is 1. The molecule has 0 saturated carbocycles. The Morgan fingerprint density at radius 3 is 2.69 bits per heavy atom. The largest absolute Gasteiger partial charge is 0.462 e. The average molecular weight is 242 g/mol. The van der Waals surface area contributed by atoms with Crippen molar-refractivity contribution in [2.45, 2.75) is 13.8 Å². The minimum Gasteiger partial charge on any atom is -0.462 e. The molecule has 0 saturated heterocycles. The molecule has 0 radical (unpaired) electrons. The number of esters is 1. The molecule has 1 rings (SSSR count). The van der Waals surface area contributed by atoms with Gasteiger partial charge in [-0.15, -0.1) is 0 Å². The van der Waals surface area contributed by atoms with Crippen molar-refractivity contribution in [3.8, 4) is 0 Å². The predicted octanol–water partition coefficient (Wildman–Crippen LogP) is 2.48. The Kier molecular flexibility index (Phi) is 4.31. The van der Waals surface area contributed by atoms with Gasteiger partial charge in [-0.05, 0) is 25.1 Å².